The van der Waals surface area contributed by atoms with Gasteiger partial charge in [0.15, 0.2) is 11.5 Å². The van der Waals surface area contributed by atoms with Gasteiger partial charge in [-0.2, -0.15) is 0 Å². The number of benzene rings is 2. The summed E-state index contributed by atoms with van der Waals surface area (Å²) in [7, 11) is -1.01. The van der Waals surface area contributed by atoms with Crippen LogP contribution >= 0.6 is 0 Å². The van der Waals surface area contributed by atoms with Gasteiger partial charge in [0.2, 0.25) is 10.0 Å². The molecule has 8 heteroatoms. The molecule has 0 bridgehead atoms. The van der Waals surface area contributed by atoms with E-state index in [4.69, 9.17) is 9.47 Å². The molecule has 2 aromatic rings. The first-order chi connectivity index (χ1) is 12.3. The quantitative estimate of drug-likeness (QED) is 0.833. The summed E-state index contributed by atoms with van der Waals surface area (Å²) in [6.07, 6.45) is 0.337. The maximum atomic E-state index is 13.9. The van der Waals surface area contributed by atoms with Crippen LogP contribution in [0.5, 0.6) is 11.5 Å². The summed E-state index contributed by atoms with van der Waals surface area (Å²) in [5, 5.41) is 0. The van der Waals surface area contributed by atoms with Crippen LogP contribution in [0.3, 0.4) is 0 Å². The zero-order valence-corrected chi connectivity index (χ0v) is 15.4. The first-order valence-corrected chi connectivity index (χ1v) is 9.45. The van der Waals surface area contributed by atoms with E-state index in [1.165, 1.54) is 38.5 Å². The van der Waals surface area contributed by atoms with Crippen molar-refractivity contribution in [1.82, 2.24) is 4.72 Å². The summed E-state index contributed by atoms with van der Waals surface area (Å²) < 4.78 is 66.0. The molecule has 2 unspecified atom stereocenters. The van der Waals surface area contributed by atoms with Crippen LogP contribution in [0.25, 0.3) is 0 Å². The zero-order valence-electron chi connectivity index (χ0n) is 14.5. The molecule has 1 N–H and O–H groups in total. The lowest BCUT2D eigenvalue weighted by molar-refractivity contribution is 0.353. The van der Waals surface area contributed by atoms with Crippen LogP contribution in [0.2, 0.25) is 0 Å². The van der Waals surface area contributed by atoms with Crippen molar-refractivity contribution in [2.45, 2.75) is 30.2 Å². The standard InChI is InChI=1S/C18H19F2NO4S/c1-10-7-15(24-2)16(25-3)9-17(10)26(22,23)21-14-8-11(14)18-12(19)5-4-6-13(18)20/h4-7,9,11,14,21H,8H2,1-3H3. The highest BCUT2D eigenvalue weighted by molar-refractivity contribution is 7.89. The summed E-state index contributed by atoms with van der Waals surface area (Å²) in [4.78, 5) is 0.0369. The molecule has 3 rings (SSSR count). The van der Waals surface area contributed by atoms with Crippen molar-refractivity contribution in [3.63, 3.8) is 0 Å². The molecule has 1 saturated carbocycles. The van der Waals surface area contributed by atoms with Gasteiger partial charge in [-0.1, -0.05) is 6.07 Å². The number of aryl methyl sites for hydroxylation is 1. The van der Waals surface area contributed by atoms with Crippen LogP contribution in [-0.4, -0.2) is 28.7 Å². The van der Waals surface area contributed by atoms with Gasteiger partial charge >= 0.3 is 0 Å². The second-order valence-electron chi connectivity index (χ2n) is 6.18. The molecule has 0 amide bonds. The highest BCUT2D eigenvalue weighted by Crippen LogP contribution is 2.44. The summed E-state index contributed by atoms with van der Waals surface area (Å²) in [5.41, 5.74) is 0.397. The number of hydrogen-bond acceptors (Lipinski definition) is 4. The third-order valence-corrected chi connectivity index (χ3v) is 6.07. The number of nitrogens with one attached hydrogen (secondary N) is 1. The number of hydrogen-bond donors (Lipinski definition) is 1. The lowest BCUT2D eigenvalue weighted by Gasteiger charge is -2.14. The molecule has 0 saturated heterocycles. The first-order valence-electron chi connectivity index (χ1n) is 7.97. The van der Waals surface area contributed by atoms with E-state index in [-0.39, 0.29) is 16.2 Å². The number of ether oxygens (including phenoxy) is 2. The maximum Gasteiger partial charge on any atom is 0.241 e. The molecule has 2 atom stereocenters. The predicted octanol–water partition coefficient (Wildman–Crippen LogP) is 3.12. The van der Waals surface area contributed by atoms with E-state index < -0.39 is 33.6 Å². The Kier molecular flexibility index (Phi) is 4.90. The van der Waals surface area contributed by atoms with Crippen LogP contribution in [0, 0.1) is 18.6 Å². The molecule has 140 valence electrons. The van der Waals surface area contributed by atoms with Gasteiger partial charge < -0.3 is 9.47 Å². The Hall–Kier alpha value is -2.19. The van der Waals surface area contributed by atoms with Gasteiger partial charge in [-0.3, -0.25) is 0 Å². The Bertz CT molecular complexity index is 926. The van der Waals surface area contributed by atoms with Crippen LogP contribution in [0.15, 0.2) is 35.2 Å². The Labute approximate surface area is 151 Å². The summed E-state index contributed by atoms with van der Waals surface area (Å²) >= 11 is 0. The van der Waals surface area contributed by atoms with Gasteiger partial charge in [0, 0.05) is 23.6 Å². The second kappa shape index (κ2) is 6.85. The van der Waals surface area contributed by atoms with Crippen molar-refractivity contribution in [2.75, 3.05) is 14.2 Å². The molecule has 0 aliphatic heterocycles. The normalized spacial score (nSPS) is 19.3. The van der Waals surface area contributed by atoms with Crippen LogP contribution in [0.1, 0.15) is 23.5 Å². The molecule has 0 aromatic heterocycles. The third-order valence-electron chi connectivity index (χ3n) is 4.44. The van der Waals surface area contributed by atoms with Crippen LogP contribution < -0.4 is 14.2 Å². The smallest absolute Gasteiger partial charge is 0.241 e. The molecular formula is C18H19F2NO4S. The van der Waals surface area contributed by atoms with Crippen molar-refractivity contribution in [2.24, 2.45) is 0 Å². The maximum absolute atomic E-state index is 13.9. The lowest BCUT2D eigenvalue weighted by atomic mass is 10.1. The molecule has 0 radical (unpaired) electrons. The SMILES string of the molecule is COc1cc(C)c(S(=O)(=O)NC2CC2c2c(F)cccc2F)cc1OC. The summed E-state index contributed by atoms with van der Waals surface area (Å²) in [6, 6.07) is 6.00. The molecule has 1 aliphatic carbocycles. The minimum atomic E-state index is -3.88. The van der Waals surface area contributed by atoms with Gasteiger partial charge in [0.05, 0.1) is 19.1 Å². The minimum absolute atomic E-state index is 0.0369. The van der Waals surface area contributed by atoms with E-state index in [9.17, 15) is 17.2 Å². The van der Waals surface area contributed by atoms with Crippen LogP contribution in [-0.2, 0) is 10.0 Å². The average molecular weight is 383 g/mol. The number of rotatable bonds is 6. The van der Waals surface area contributed by atoms with Gasteiger partial charge in [-0.25, -0.2) is 21.9 Å². The highest BCUT2D eigenvalue weighted by atomic mass is 32.2. The Morgan fingerprint density at radius 3 is 2.23 bits per heavy atom. The Morgan fingerprint density at radius 1 is 1.08 bits per heavy atom. The second-order valence-corrected chi connectivity index (χ2v) is 7.86. The number of sulfonamides is 1. The third kappa shape index (κ3) is 3.39. The molecule has 0 spiro atoms. The van der Waals surface area contributed by atoms with E-state index in [0.29, 0.717) is 17.7 Å². The molecule has 5 nitrogen and oxygen atoms in total. The topological polar surface area (TPSA) is 64.6 Å². The van der Waals surface area contributed by atoms with E-state index >= 15 is 0 Å². The Balaban J connectivity index is 1.85. The van der Waals surface area contributed by atoms with E-state index in [0.717, 1.165) is 0 Å². The largest absolute Gasteiger partial charge is 0.493 e. The van der Waals surface area contributed by atoms with Crippen LogP contribution in [0.4, 0.5) is 8.78 Å². The number of methoxy groups -OCH3 is 2. The fourth-order valence-corrected chi connectivity index (χ4v) is 4.55. The zero-order chi connectivity index (χ0) is 19.1. The van der Waals surface area contributed by atoms with Crippen molar-refractivity contribution in [3.8, 4) is 11.5 Å². The summed E-state index contributed by atoms with van der Waals surface area (Å²) in [6.45, 7) is 1.64. The monoisotopic (exact) mass is 383 g/mol. The first kappa shape index (κ1) is 18.6. The van der Waals surface area contributed by atoms with E-state index in [1.54, 1.807) is 13.0 Å². The molecule has 2 aromatic carbocycles. The highest BCUT2D eigenvalue weighted by Gasteiger charge is 2.44. The molecule has 26 heavy (non-hydrogen) atoms. The fraction of sp³-hybridized carbons (Fsp3) is 0.333. The van der Waals surface area contributed by atoms with Crippen molar-refractivity contribution >= 4 is 10.0 Å². The van der Waals surface area contributed by atoms with E-state index in [2.05, 4.69) is 4.72 Å². The minimum Gasteiger partial charge on any atom is -0.493 e. The summed E-state index contributed by atoms with van der Waals surface area (Å²) in [5.74, 6) is -1.16. The Morgan fingerprint density at radius 2 is 1.65 bits per heavy atom. The molecule has 1 aliphatic rings. The predicted molar refractivity (Wildman–Crippen MR) is 92.1 cm³/mol. The van der Waals surface area contributed by atoms with Gasteiger partial charge in [0.25, 0.3) is 0 Å². The molecular weight excluding hydrogens is 364 g/mol. The van der Waals surface area contributed by atoms with Crippen molar-refractivity contribution < 1.29 is 26.7 Å². The van der Waals surface area contributed by atoms with Gasteiger partial charge in [0.1, 0.15) is 11.6 Å². The fourth-order valence-electron chi connectivity index (χ4n) is 3.02. The van der Waals surface area contributed by atoms with Gasteiger partial charge in [-0.15, -0.1) is 0 Å². The van der Waals surface area contributed by atoms with E-state index in [1.807, 2.05) is 0 Å². The average Bonchev–Trinajstić information content (AvgIpc) is 3.31. The molecule has 1 fully saturated rings. The van der Waals surface area contributed by atoms with Gasteiger partial charge in [-0.05, 0) is 37.1 Å². The lowest BCUT2D eigenvalue weighted by Crippen LogP contribution is -2.27. The van der Waals surface area contributed by atoms with Crippen molar-refractivity contribution in [3.05, 3.63) is 53.1 Å². The number of halogens is 2. The molecule has 0 heterocycles. The van der Waals surface area contributed by atoms with Crippen molar-refractivity contribution in [1.29, 1.82) is 0 Å².